The minimum absolute atomic E-state index is 0.102. The van der Waals surface area contributed by atoms with Crippen LogP contribution in [0.3, 0.4) is 0 Å². The van der Waals surface area contributed by atoms with Crippen LogP contribution in [0.4, 0.5) is 10.1 Å². The van der Waals surface area contributed by atoms with Gasteiger partial charge in [-0.25, -0.2) is 8.70 Å². The predicted molar refractivity (Wildman–Crippen MR) is 133 cm³/mol. The fraction of sp³-hybridized carbons (Fsp3) is 0.462. The molecule has 0 amide bonds. The summed E-state index contributed by atoms with van der Waals surface area (Å²) in [6, 6.07) is 17.7. The van der Waals surface area contributed by atoms with E-state index in [4.69, 9.17) is 0 Å². The molecule has 0 radical (unpaired) electrons. The van der Waals surface area contributed by atoms with Gasteiger partial charge >= 0.3 is 0 Å². The number of aromatic nitrogens is 3. The summed E-state index contributed by atoms with van der Waals surface area (Å²) in [4.78, 5) is 2.33. The van der Waals surface area contributed by atoms with Crippen LogP contribution in [0.1, 0.15) is 61.9 Å². The highest BCUT2D eigenvalue weighted by Crippen LogP contribution is 2.43. The molecule has 3 aromatic rings. The van der Waals surface area contributed by atoms with Gasteiger partial charge in [0, 0.05) is 47.7 Å². The predicted octanol–water partition coefficient (Wildman–Crippen LogP) is 6.02. The summed E-state index contributed by atoms with van der Waals surface area (Å²) in [5.74, 6) is -0.102. The Bertz CT molecular complexity index is 1040. The summed E-state index contributed by atoms with van der Waals surface area (Å²) in [6.45, 7) is 6.01. The van der Waals surface area contributed by atoms with Crippen molar-refractivity contribution in [1.82, 2.24) is 19.1 Å². The van der Waals surface area contributed by atoms with E-state index >= 15 is 4.39 Å². The van der Waals surface area contributed by atoms with E-state index in [1.54, 1.807) is 18.7 Å². The van der Waals surface area contributed by atoms with Crippen molar-refractivity contribution in [2.75, 3.05) is 11.4 Å². The van der Waals surface area contributed by atoms with Gasteiger partial charge in [0.1, 0.15) is 18.5 Å². The zero-order valence-electron chi connectivity index (χ0n) is 19.3. The quantitative estimate of drug-likeness (QED) is 0.431. The lowest BCUT2D eigenvalue weighted by Gasteiger charge is -2.40. The number of rotatable bonds is 5. The van der Waals surface area contributed by atoms with E-state index in [9.17, 15) is 0 Å². The molecule has 5 nitrogen and oxygen atoms in total. The molecule has 2 aliphatic rings. The number of benzene rings is 2. The van der Waals surface area contributed by atoms with E-state index in [2.05, 4.69) is 74.2 Å². The second-order valence-electron chi connectivity index (χ2n) is 9.41. The molecule has 2 saturated heterocycles. The van der Waals surface area contributed by atoms with Gasteiger partial charge in [-0.1, -0.05) is 48.3 Å². The zero-order valence-corrected chi connectivity index (χ0v) is 20.2. The molecule has 5 rings (SSSR count). The molecule has 2 aliphatic heterocycles. The van der Waals surface area contributed by atoms with E-state index in [0.29, 0.717) is 29.9 Å². The van der Waals surface area contributed by atoms with Gasteiger partial charge in [-0.15, -0.1) is 10.2 Å². The normalized spacial score (nSPS) is 26.5. The summed E-state index contributed by atoms with van der Waals surface area (Å²) < 4.78 is 19.7. The number of hydrogen-bond acceptors (Lipinski definition) is 5. The molecule has 2 fully saturated rings. The highest BCUT2D eigenvalue weighted by Gasteiger charge is 2.29. The molecule has 4 atom stereocenters. The number of halogens is 1. The van der Waals surface area contributed by atoms with Crippen LogP contribution in [0.15, 0.2) is 61.2 Å². The van der Waals surface area contributed by atoms with Gasteiger partial charge < -0.3 is 9.47 Å². The largest absolute Gasteiger partial charge is 0.369 e. The summed E-state index contributed by atoms with van der Waals surface area (Å²) >= 11 is 1.87. The van der Waals surface area contributed by atoms with Gasteiger partial charge in [-0.3, -0.25) is 0 Å². The minimum atomic E-state index is -0.102. The molecule has 33 heavy (non-hydrogen) atoms. The molecule has 0 unspecified atom stereocenters. The van der Waals surface area contributed by atoms with Crippen LogP contribution >= 0.6 is 11.9 Å². The SMILES string of the molecule is C[C@H]1CC[C@H](c2ccccc2)SN1Cc1ccc(N2CC[C@H](n3cnnc3)C[C@@H]2C)cc1F. The van der Waals surface area contributed by atoms with Crippen molar-refractivity contribution in [2.24, 2.45) is 0 Å². The first kappa shape index (κ1) is 22.4. The van der Waals surface area contributed by atoms with Crippen molar-refractivity contribution in [3.8, 4) is 0 Å². The maximum Gasteiger partial charge on any atom is 0.129 e. The Balaban J connectivity index is 1.25. The molecule has 7 heteroatoms. The summed E-state index contributed by atoms with van der Waals surface area (Å²) in [7, 11) is 0. The number of hydrogen-bond donors (Lipinski definition) is 0. The zero-order chi connectivity index (χ0) is 22.8. The molecule has 1 aromatic heterocycles. The maximum absolute atomic E-state index is 15.3. The number of nitrogens with zero attached hydrogens (tertiary/aromatic N) is 5. The molecule has 0 saturated carbocycles. The van der Waals surface area contributed by atoms with Gasteiger partial charge in [0.15, 0.2) is 0 Å². The van der Waals surface area contributed by atoms with E-state index in [-0.39, 0.29) is 5.82 Å². The lowest BCUT2D eigenvalue weighted by molar-refractivity contribution is 0.317. The molecule has 0 spiro atoms. The first-order valence-electron chi connectivity index (χ1n) is 12.0. The van der Waals surface area contributed by atoms with E-state index < -0.39 is 0 Å². The van der Waals surface area contributed by atoms with E-state index in [0.717, 1.165) is 43.5 Å². The fourth-order valence-corrected chi connectivity index (χ4v) is 6.53. The van der Waals surface area contributed by atoms with Crippen LogP contribution in [0.25, 0.3) is 0 Å². The van der Waals surface area contributed by atoms with Crippen molar-refractivity contribution in [2.45, 2.75) is 69.5 Å². The first-order valence-corrected chi connectivity index (χ1v) is 12.8. The van der Waals surface area contributed by atoms with Crippen molar-refractivity contribution in [1.29, 1.82) is 0 Å². The monoisotopic (exact) mass is 465 g/mol. The average molecular weight is 466 g/mol. The second kappa shape index (κ2) is 9.85. The van der Waals surface area contributed by atoms with Crippen LogP contribution in [0, 0.1) is 5.82 Å². The van der Waals surface area contributed by atoms with Gasteiger partial charge in [0.2, 0.25) is 0 Å². The molecule has 0 N–H and O–H groups in total. The Kier molecular flexibility index (Phi) is 6.69. The third-order valence-corrected chi connectivity index (χ3v) is 8.70. The third-order valence-electron chi connectivity index (χ3n) is 7.17. The Hall–Kier alpha value is -2.38. The van der Waals surface area contributed by atoms with Gasteiger partial charge in [0.25, 0.3) is 0 Å². The lowest BCUT2D eigenvalue weighted by Crippen LogP contribution is -2.41. The van der Waals surface area contributed by atoms with Crippen LogP contribution in [0.5, 0.6) is 0 Å². The second-order valence-corrected chi connectivity index (χ2v) is 10.7. The number of anilines is 1. The van der Waals surface area contributed by atoms with Crippen molar-refractivity contribution in [3.63, 3.8) is 0 Å². The van der Waals surface area contributed by atoms with Gasteiger partial charge in [-0.05, 0) is 57.2 Å². The average Bonchev–Trinajstić information content (AvgIpc) is 3.37. The van der Waals surface area contributed by atoms with Crippen LogP contribution in [-0.2, 0) is 6.54 Å². The van der Waals surface area contributed by atoms with E-state index in [1.165, 1.54) is 5.56 Å². The van der Waals surface area contributed by atoms with Crippen LogP contribution in [0.2, 0.25) is 0 Å². The summed E-state index contributed by atoms with van der Waals surface area (Å²) in [5, 5.41) is 8.32. The summed E-state index contributed by atoms with van der Waals surface area (Å²) in [6.07, 6.45) is 7.90. The molecular weight excluding hydrogens is 433 g/mol. The molecule has 3 heterocycles. The standard InChI is InChI=1S/C26H32FN5S/c1-19-8-11-26(21-6-4-3-5-7-21)33-32(19)16-22-9-10-24(15-25(22)27)31-13-12-23(14-20(31)2)30-17-28-29-18-30/h3-7,9-10,15,17-20,23,26H,8,11-14,16H2,1-2H3/t19-,20-,23-,26+/m0/s1. The van der Waals surface area contributed by atoms with E-state index in [1.807, 2.05) is 18.0 Å². The Labute approximate surface area is 200 Å². The van der Waals surface area contributed by atoms with Gasteiger partial charge in [0.05, 0.1) is 0 Å². The lowest BCUT2D eigenvalue weighted by atomic mass is 9.97. The van der Waals surface area contributed by atoms with Crippen molar-refractivity contribution < 1.29 is 4.39 Å². The maximum atomic E-state index is 15.3. The molecule has 174 valence electrons. The smallest absolute Gasteiger partial charge is 0.129 e. The molecule has 2 aromatic carbocycles. The Morgan fingerprint density at radius 2 is 1.76 bits per heavy atom. The minimum Gasteiger partial charge on any atom is -0.369 e. The van der Waals surface area contributed by atoms with Crippen LogP contribution in [-0.4, -0.2) is 37.7 Å². The molecule has 0 aliphatic carbocycles. The highest BCUT2D eigenvalue weighted by molar-refractivity contribution is 7.97. The molecular formula is C26H32FN5S. The summed E-state index contributed by atoms with van der Waals surface area (Å²) in [5.41, 5.74) is 3.12. The van der Waals surface area contributed by atoms with Crippen molar-refractivity contribution >= 4 is 17.6 Å². The topological polar surface area (TPSA) is 37.2 Å². The van der Waals surface area contributed by atoms with Crippen molar-refractivity contribution in [3.05, 3.63) is 78.1 Å². The Morgan fingerprint density at radius 3 is 2.48 bits per heavy atom. The van der Waals surface area contributed by atoms with Crippen LogP contribution < -0.4 is 4.90 Å². The molecule has 0 bridgehead atoms. The van der Waals surface area contributed by atoms with Gasteiger partial charge in [-0.2, -0.15) is 0 Å². The third kappa shape index (κ3) is 4.94. The first-order chi connectivity index (χ1) is 16.1. The fourth-order valence-electron chi connectivity index (χ4n) is 5.15. The highest BCUT2D eigenvalue weighted by atomic mass is 32.2. The number of piperidine rings is 1. The Morgan fingerprint density at radius 1 is 0.970 bits per heavy atom.